The number of unbranched alkanes of at least 4 members (excludes halogenated alkanes) is 3. The van der Waals surface area contributed by atoms with Crippen molar-refractivity contribution in [2.75, 3.05) is 17.5 Å². The summed E-state index contributed by atoms with van der Waals surface area (Å²) in [6.07, 6.45) is 5.03. The van der Waals surface area contributed by atoms with Gasteiger partial charge in [0.25, 0.3) is 0 Å². The third kappa shape index (κ3) is 6.92. The minimum atomic E-state index is -3.54. The quantitative estimate of drug-likeness (QED) is 0.675. The lowest BCUT2D eigenvalue weighted by atomic mass is 10.2. The third-order valence-corrected chi connectivity index (χ3v) is 4.87. The largest absolute Gasteiger partial charge is 0.284 e. The molecule has 21 heavy (non-hydrogen) atoms. The van der Waals surface area contributed by atoms with Crippen molar-refractivity contribution in [2.45, 2.75) is 37.5 Å². The summed E-state index contributed by atoms with van der Waals surface area (Å²) in [4.78, 5) is 0.122. The Balaban J connectivity index is 2.63. The van der Waals surface area contributed by atoms with E-state index < -0.39 is 20.0 Å². The van der Waals surface area contributed by atoms with Crippen molar-refractivity contribution in [2.24, 2.45) is 0 Å². The van der Waals surface area contributed by atoms with Gasteiger partial charge >= 0.3 is 0 Å². The Morgan fingerprint density at radius 1 is 0.952 bits per heavy atom. The van der Waals surface area contributed by atoms with Gasteiger partial charge in [0.1, 0.15) is 0 Å². The fraction of sp³-hybridized carbons (Fsp3) is 0.538. The molecule has 0 aliphatic rings. The number of hydrogen-bond acceptors (Lipinski definition) is 4. The molecule has 8 heteroatoms. The summed E-state index contributed by atoms with van der Waals surface area (Å²) >= 11 is 0. The Hall–Kier alpha value is -1.12. The minimum Gasteiger partial charge on any atom is -0.284 e. The van der Waals surface area contributed by atoms with Crippen LogP contribution in [0, 0.1) is 0 Å². The summed E-state index contributed by atoms with van der Waals surface area (Å²) < 4.78 is 51.0. The van der Waals surface area contributed by atoms with Crippen LogP contribution >= 0.6 is 0 Å². The van der Waals surface area contributed by atoms with Crippen LogP contribution in [0.25, 0.3) is 0 Å². The molecule has 0 amide bonds. The minimum absolute atomic E-state index is 0.122. The molecule has 120 valence electrons. The van der Waals surface area contributed by atoms with Crippen molar-refractivity contribution in [1.82, 2.24) is 4.72 Å². The van der Waals surface area contributed by atoms with Gasteiger partial charge in [0.2, 0.25) is 20.0 Å². The van der Waals surface area contributed by atoms with Crippen LogP contribution in [0.1, 0.15) is 32.6 Å². The lowest BCUT2D eigenvalue weighted by molar-refractivity contribution is 0.573. The van der Waals surface area contributed by atoms with Gasteiger partial charge in [-0.15, -0.1) is 0 Å². The molecule has 0 radical (unpaired) electrons. The van der Waals surface area contributed by atoms with E-state index in [1.165, 1.54) is 24.3 Å². The summed E-state index contributed by atoms with van der Waals surface area (Å²) in [6, 6.07) is 5.60. The van der Waals surface area contributed by atoms with Crippen LogP contribution in [-0.2, 0) is 20.0 Å². The van der Waals surface area contributed by atoms with Crippen LogP contribution in [0.3, 0.4) is 0 Å². The normalized spacial score (nSPS) is 12.3. The van der Waals surface area contributed by atoms with Crippen LogP contribution in [0.15, 0.2) is 29.2 Å². The summed E-state index contributed by atoms with van der Waals surface area (Å²) in [5.41, 5.74) is 0.333. The highest BCUT2D eigenvalue weighted by Crippen LogP contribution is 2.14. The highest BCUT2D eigenvalue weighted by Gasteiger charge is 2.13. The second-order valence-corrected chi connectivity index (χ2v) is 8.37. The average molecular weight is 334 g/mol. The van der Waals surface area contributed by atoms with Crippen LogP contribution in [0.2, 0.25) is 0 Å². The molecule has 0 aliphatic carbocycles. The van der Waals surface area contributed by atoms with Gasteiger partial charge in [0.15, 0.2) is 0 Å². The summed E-state index contributed by atoms with van der Waals surface area (Å²) in [5, 5.41) is 0. The molecule has 0 aromatic heterocycles. The van der Waals surface area contributed by atoms with E-state index in [0.717, 1.165) is 31.9 Å². The molecule has 0 fully saturated rings. The molecule has 0 unspecified atom stereocenters. The molecule has 6 nitrogen and oxygen atoms in total. The van der Waals surface area contributed by atoms with Crippen molar-refractivity contribution < 1.29 is 16.8 Å². The number of sulfonamides is 2. The molecule has 1 aromatic carbocycles. The van der Waals surface area contributed by atoms with E-state index in [1.807, 2.05) is 0 Å². The summed E-state index contributed by atoms with van der Waals surface area (Å²) in [5.74, 6) is 0. The van der Waals surface area contributed by atoms with Gasteiger partial charge in [-0.1, -0.05) is 26.2 Å². The maximum absolute atomic E-state index is 12.0. The first-order valence-electron chi connectivity index (χ1n) is 6.82. The van der Waals surface area contributed by atoms with Crippen molar-refractivity contribution in [3.63, 3.8) is 0 Å². The molecule has 1 aromatic rings. The Morgan fingerprint density at radius 2 is 1.57 bits per heavy atom. The van der Waals surface area contributed by atoms with Crippen molar-refractivity contribution in [3.05, 3.63) is 24.3 Å². The molecule has 1 rings (SSSR count). The van der Waals surface area contributed by atoms with Crippen LogP contribution in [0.4, 0.5) is 5.69 Å². The third-order valence-electron chi connectivity index (χ3n) is 2.79. The lowest BCUT2D eigenvalue weighted by Crippen LogP contribution is -2.24. The zero-order chi connectivity index (χ0) is 15.9. The molecule has 0 aliphatic heterocycles. The molecule has 0 heterocycles. The maximum Gasteiger partial charge on any atom is 0.240 e. The van der Waals surface area contributed by atoms with Gasteiger partial charge in [-0.3, -0.25) is 4.72 Å². The fourth-order valence-electron chi connectivity index (χ4n) is 1.76. The van der Waals surface area contributed by atoms with E-state index in [2.05, 4.69) is 16.4 Å². The van der Waals surface area contributed by atoms with Crippen molar-refractivity contribution in [3.8, 4) is 0 Å². The number of nitrogens with one attached hydrogen (secondary N) is 2. The predicted molar refractivity (Wildman–Crippen MR) is 84.2 cm³/mol. The van der Waals surface area contributed by atoms with Gasteiger partial charge in [0, 0.05) is 12.2 Å². The van der Waals surface area contributed by atoms with Crippen LogP contribution in [-0.4, -0.2) is 29.6 Å². The first-order valence-corrected chi connectivity index (χ1v) is 10.2. The zero-order valence-corrected chi connectivity index (χ0v) is 13.9. The van der Waals surface area contributed by atoms with E-state index >= 15 is 0 Å². The number of benzene rings is 1. The zero-order valence-electron chi connectivity index (χ0n) is 12.3. The molecule has 0 saturated heterocycles. The van der Waals surface area contributed by atoms with Gasteiger partial charge in [-0.05, 0) is 30.7 Å². The van der Waals surface area contributed by atoms with E-state index in [0.29, 0.717) is 12.2 Å². The van der Waals surface area contributed by atoms with Gasteiger partial charge < -0.3 is 0 Å². The lowest BCUT2D eigenvalue weighted by Gasteiger charge is -2.08. The molecule has 0 bridgehead atoms. The van der Waals surface area contributed by atoms with Gasteiger partial charge in [-0.25, -0.2) is 21.6 Å². The van der Waals surface area contributed by atoms with Crippen LogP contribution in [0.5, 0.6) is 0 Å². The van der Waals surface area contributed by atoms with Crippen molar-refractivity contribution in [1.29, 1.82) is 0 Å². The highest BCUT2D eigenvalue weighted by molar-refractivity contribution is 7.92. The average Bonchev–Trinajstić information content (AvgIpc) is 2.37. The van der Waals surface area contributed by atoms with E-state index in [1.54, 1.807) is 0 Å². The monoisotopic (exact) mass is 334 g/mol. The first kappa shape index (κ1) is 17.9. The topological polar surface area (TPSA) is 92.3 Å². The summed E-state index contributed by atoms with van der Waals surface area (Å²) in [6.45, 7) is 2.50. The Kier molecular flexibility index (Phi) is 6.63. The second kappa shape index (κ2) is 7.77. The Bertz CT molecular complexity index is 637. The van der Waals surface area contributed by atoms with Crippen molar-refractivity contribution >= 4 is 25.7 Å². The van der Waals surface area contributed by atoms with E-state index in [-0.39, 0.29) is 4.90 Å². The molecular weight excluding hydrogens is 312 g/mol. The number of rotatable bonds is 9. The van der Waals surface area contributed by atoms with Gasteiger partial charge in [-0.2, -0.15) is 0 Å². The standard InChI is InChI=1S/C13H22N2O4S2/c1-3-4-5-6-11-14-21(18,19)13-9-7-12(8-10-13)15-20(2,16)17/h7-10,14-15H,3-6,11H2,1-2H3. The molecule has 2 N–H and O–H groups in total. The molecule has 0 atom stereocenters. The molecular formula is C13H22N2O4S2. The van der Waals surface area contributed by atoms with Gasteiger partial charge in [0.05, 0.1) is 11.2 Å². The Morgan fingerprint density at radius 3 is 2.10 bits per heavy atom. The Labute approximate surface area is 127 Å². The SMILES string of the molecule is CCCCCCNS(=O)(=O)c1ccc(NS(C)(=O)=O)cc1. The van der Waals surface area contributed by atoms with E-state index in [9.17, 15) is 16.8 Å². The first-order chi connectivity index (χ1) is 9.74. The number of anilines is 1. The smallest absolute Gasteiger partial charge is 0.240 e. The molecule has 0 spiro atoms. The maximum atomic E-state index is 12.0. The second-order valence-electron chi connectivity index (χ2n) is 4.86. The number of hydrogen-bond donors (Lipinski definition) is 2. The van der Waals surface area contributed by atoms with E-state index in [4.69, 9.17) is 0 Å². The van der Waals surface area contributed by atoms with Crippen LogP contribution < -0.4 is 9.44 Å². The fourth-order valence-corrected chi connectivity index (χ4v) is 3.40. The predicted octanol–water partition coefficient (Wildman–Crippen LogP) is 1.92. The molecule has 0 saturated carbocycles. The highest BCUT2D eigenvalue weighted by atomic mass is 32.2. The summed E-state index contributed by atoms with van der Waals surface area (Å²) in [7, 11) is -6.90.